The van der Waals surface area contributed by atoms with Gasteiger partial charge in [0.2, 0.25) is 0 Å². The van der Waals surface area contributed by atoms with Crippen molar-refractivity contribution in [3.05, 3.63) is 130 Å². The summed E-state index contributed by atoms with van der Waals surface area (Å²) >= 11 is 0. The molecule has 5 aromatic rings. The Hall–Kier alpha value is -3.90. The van der Waals surface area contributed by atoms with Crippen molar-refractivity contribution in [3.8, 4) is 44.5 Å². The Morgan fingerprint density at radius 2 is 1.08 bits per heavy atom. The fraction of sp³-hybridized carbons (Fsp3) is 0.231. The van der Waals surface area contributed by atoms with Crippen molar-refractivity contribution in [2.45, 2.75) is 59.8 Å². The summed E-state index contributed by atoms with van der Waals surface area (Å²) in [5.41, 5.74) is 19.0. The topological polar surface area (TPSA) is 0 Å². The third-order valence-electron chi connectivity index (χ3n) is 8.94. The second-order valence-corrected chi connectivity index (χ2v) is 11.7. The van der Waals surface area contributed by atoms with Crippen LogP contribution in [0.25, 0.3) is 44.5 Å². The van der Waals surface area contributed by atoms with Crippen molar-refractivity contribution in [2.75, 3.05) is 0 Å². The molecule has 0 fully saturated rings. The Morgan fingerprint density at radius 3 is 1.85 bits per heavy atom. The van der Waals surface area contributed by atoms with Crippen LogP contribution >= 0.6 is 0 Å². The molecule has 0 saturated heterocycles. The molecule has 0 saturated carbocycles. The summed E-state index contributed by atoms with van der Waals surface area (Å²) in [6.45, 7) is 13.8. The van der Waals surface area contributed by atoms with Crippen LogP contribution in [0.2, 0.25) is 0 Å². The van der Waals surface area contributed by atoms with E-state index in [1.54, 1.807) is 0 Å². The summed E-state index contributed by atoms with van der Waals surface area (Å²) in [7, 11) is 0. The van der Waals surface area contributed by atoms with Crippen LogP contribution < -0.4 is 0 Å². The van der Waals surface area contributed by atoms with Gasteiger partial charge in [-0.3, -0.25) is 0 Å². The van der Waals surface area contributed by atoms with Crippen molar-refractivity contribution in [1.29, 1.82) is 0 Å². The molecule has 0 aromatic heterocycles. The summed E-state index contributed by atoms with van der Waals surface area (Å²) in [5, 5.41) is 0. The molecule has 0 spiro atoms. The highest BCUT2D eigenvalue weighted by atomic mass is 14.3. The molecule has 194 valence electrons. The predicted octanol–water partition coefficient (Wildman–Crippen LogP) is 11.2. The van der Waals surface area contributed by atoms with Gasteiger partial charge in [0.15, 0.2) is 0 Å². The molecule has 0 amide bonds. The molecule has 0 bridgehead atoms. The van der Waals surface area contributed by atoms with Crippen molar-refractivity contribution in [3.63, 3.8) is 0 Å². The normalized spacial score (nSPS) is 16.4. The summed E-state index contributed by atoms with van der Waals surface area (Å²) in [6, 6.07) is 36.5. The van der Waals surface area contributed by atoms with Gasteiger partial charge in [-0.25, -0.2) is 0 Å². The van der Waals surface area contributed by atoms with Gasteiger partial charge in [0.25, 0.3) is 0 Å². The first-order chi connectivity index (χ1) is 18.8. The molecule has 2 unspecified atom stereocenters. The number of fused-ring (bicyclic) bond motifs is 3. The number of benzene rings is 5. The largest absolute Gasteiger partial charge is 0.0620 e. The molecule has 0 N–H and O–H groups in total. The summed E-state index contributed by atoms with van der Waals surface area (Å²) in [6.07, 6.45) is 1.17. The van der Waals surface area contributed by atoms with Crippen LogP contribution in [-0.2, 0) is 0 Å². The maximum Gasteiger partial charge on any atom is -0.00732 e. The van der Waals surface area contributed by atoms with E-state index in [0.29, 0.717) is 11.8 Å². The average Bonchev–Trinajstić information content (AvgIpc) is 3.03. The first-order valence-corrected chi connectivity index (χ1v) is 14.3. The van der Waals surface area contributed by atoms with E-state index in [9.17, 15) is 0 Å². The second kappa shape index (κ2) is 10.0. The maximum absolute atomic E-state index is 2.49. The fourth-order valence-electron chi connectivity index (χ4n) is 6.84. The number of aryl methyl sites for hydroxylation is 3. The third-order valence-corrected chi connectivity index (χ3v) is 8.94. The Balaban J connectivity index is 1.53. The first kappa shape index (κ1) is 25.4. The third kappa shape index (κ3) is 4.43. The van der Waals surface area contributed by atoms with Gasteiger partial charge >= 0.3 is 0 Å². The van der Waals surface area contributed by atoms with Gasteiger partial charge in [0.1, 0.15) is 0 Å². The van der Waals surface area contributed by atoms with Gasteiger partial charge in [-0.2, -0.15) is 0 Å². The lowest BCUT2D eigenvalue weighted by Gasteiger charge is -2.20. The summed E-state index contributed by atoms with van der Waals surface area (Å²) in [5.74, 6) is 1.05. The van der Waals surface area contributed by atoms with Crippen LogP contribution in [0.4, 0.5) is 0 Å². The summed E-state index contributed by atoms with van der Waals surface area (Å²) in [4.78, 5) is 0. The zero-order valence-corrected chi connectivity index (χ0v) is 24.1. The molecule has 6 rings (SSSR count). The van der Waals surface area contributed by atoms with E-state index in [4.69, 9.17) is 0 Å². The van der Waals surface area contributed by atoms with Gasteiger partial charge in [-0.1, -0.05) is 116 Å². The van der Waals surface area contributed by atoms with E-state index in [0.717, 1.165) is 0 Å². The molecule has 5 aromatic carbocycles. The molecule has 1 aliphatic rings. The van der Waals surface area contributed by atoms with E-state index >= 15 is 0 Å². The number of hydrogen-bond acceptors (Lipinski definition) is 0. The molecule has 2 atom stereocenters. The van der Waals surface area contributed by atoms with Crippen molar-refractivity contribution in [1.82, 2.24) is 0 Å². The van der Waals surface area contributed by atoms with Gasteiger partial charge in [0.05, 0.1) is 0 Å². The number of rotatable bonds is 3. The van der Waals surface area contributed by atoms with Crippen molar-refractivity contribution in [2.24, 2.45) is 0 Å². The van der Waals surface area contributed by atoms with Crippen LogP contribution in [0.15, 0.2) is 97.1 Å². The minimum absolute atomic E-state index is 0.502. The zero-order chi connectivity index (χ0) is 27.3. The molecule has 0 radical (unpaired) electrons. The van der Waals surface area contributed by atoms with E-state index in [2.05, 4.69) is 139 Å². The van der Waals surface area contributed by atoms with E-state index in [-0.39, 0.29) is 0 Å². The lowest BCUT2D eigenvalue weighted by Crippen LogP contribution is -1.99. The van der Waals surface area contributed by atoms with Crippen LogP contribution in [0.1, 0.15) is 65.5 Å². The van der Waals surface area contributed by atoms with Crippen LogP contribution in [0.5, 0.6) is 0 Å². The highest BCUT2D eigenvalue weighted by Gasteiger charge is 2.25. The van der Waals surface area contributed by atoms with Gasteiger partial charge in [-0.05, 0) is 118 Å². The zero-order valence-electron chi connectivity index (χ0n) is 24.1. The van der Waals surface area contributed by atoms with Gasteiger partial charge < -0.3 is 0 Å². The van der Waals surface area contributed by atoms with E-state index in [1.807, 2.05) is 0 Å². The summed E-state index contributed by atoms with van der Waals surface area (Å²) < 4.78 is 0. The molecule has 1 aliphatic carbocycles. The molecule has 0 heterocycles. The molecule has 39 heavy (non-hydrogen) atoms. The second-order valence-electron chi connectivity index (χ2n) is 11.7. The Kier molecular flexibility index (Phi) is 6.51. The molecular formula is C39H38. The number of hydrogen-bond donors (Lipinski definition) is 0. The molecule has 0 nitrogen and oxygen atoms in total. The average molecular weight is 507 g/mol. The monoisotopic (exact) mass is 506 g/mol. The van der Waals surface area contributed by atoms with E-state index < -0.39 is 0 Å². The highest BCUT2D eigenvalue weighted by molar-refractivity contribution is 5.91. The predicted molar refractivity (Wildman–Crippen MR) is 169 cm³/mol. The Bertz CT molecular complexity index is 1700. The molecule has 0 aliphatic heterocycles. The quantitative estimate of drug-likeness (QED) is 0.228. The van der Waals surface area contributed by atoms with Crippen LogP contribution in [0.3, 0.4) is 0 Å². The maximum atomic E-state index is 2.49. The van der Waals surface area contributed by atoms with Crippen molar-refractivity contribution < 1.29 is 0 Å². The first-order valence-electron chi connectivity index (χ1n) is 14.3. The van der Waals surface area contributed by atoms with Crippen molar-refractivity contribution >= 4 is 0 Å². The van der Waals surface area contributed by atoms with Crippen LogP contribution in [-0.4, -0.2) is 0 Å². The molecular weight excluding hydrogens is 468 g/mol. The minimum atomic E-state index is 0.502. The smallest absolute Gasteiger partial charge is 0.00732 e. The fourth-order valence-corrected chi connectivity index (χ4v) is 6.84. The van der Waals surface area contributed by atoms with Crippen LogP contribution in [0, 0.1) is 27.7 Å². The van der Waals surface area contributed by atoms with E-state index in [1.165, 1.54) is 84.3 Å². The Labute approximate surface area is 234 Å². The lowest BCUT2D eigenvalue weighted by molar-refractivity contribution is 0.601. The highest BCUT2D eigenvalue weighted by Crippen LogP contribution is 2.46. The molecule has 0 heteroatoms. The minimum Gasteiger partial charge on any atom is -0.0620 e. The Morgan fingerprint density at radius 1 is 0.487 bits per heavy atom. The van der Waals surface area contributed by atoms with Gasteiger partial charge in [-0.15, -0.1) is 0 Å². The SMILES string of the molecule is Cc1ccc2c(c1)C(C)CC(C)c1cc(-c3cccc(C)c3-c3cccc(-c4ccccc4C)c3C)ccc1-2. The lowest BCUT2D eigenvalue weighted by atomic mass is 9.84. The van der Waals surface area contributed by atoms with Gasteiger partial charge in [0, 0.05) is 0 Å². The standard InChI is InChI=1S/C39H38/c1-24-17-19-35-36-20-18-30(23-38(36)28(5)22-27(4)37(35)21-24)34-16-9-12-26(3)39(34)33-15-10-14-32(29(33)6)31-13-8-7-11-25(31)2/h7-21,23,27-28H,22H2,1-6H3.